The highest BCUT2D eigenvalue weighted by Gasteiger charge is 2.32. The number of rotatable bonds is 4. The predicted octanol–water partition coefficient (Wildman–Crippen LogP) is 2.23. The molecule has 112 valence electrons. The van der Waals surface area contributed by atoms with Crippen LogP contribution in [-0.4, -0.2) is 23.6 Å². The maximum Gasteiger partial charge on any atom is 0.304 e. The minimum atomic E-state index is 0.0518. The van der Waals surface area contributed by atoms with E-state index >= 15 is 0 Å². The molecule has 0 amide bonds. The first-order valence-electron chi connectivity index (χ1n) is 7.96. The molecule has 3 unspecified atom stereocenters. The first-order valence-corrected chi connectivity index (χ1v) is 8.84. The highest BCUT2D eigenvalue weighted by Crippen LogP contribution is 2.30. The van der Waals surface area contributed by atoms with Gasteiger partial charge in [-0.3, -0.25) is 4.79 Å². The zero-order valence-corrected chi connectivity index (χ0v) is 12.8. The molecule has 2 fully saturated rings. The van der Waals surface area contributed by atoms with Crippen LogP contribution >= 0.6 is 11.3 Å². The van der Waals surface area contributed by atoms with Gasteiger partial charge in [-0.1, -0.05) is 30.6 Å². The normalized spacial score (nSPS) is 31.3. The van der Waals surface area contributed by atoms with E-state index in [1.165, 1.54) is 62.8 Å². The van der Waals surface area contributed by atoms with Crippen molar-refractivity contribution >= 4 is 11.3 Å². The molecule has 0 radical (unpaired) electrons. The maximum absolute atomic E-state index is 11.2. The standard InChI is InChI=1S/C15H25N3OS/c19-15-18-11(10-20-15)9-17-14-6-2-1-5-12(14)13-7-3-4-8-16-13/h10,12-14,16-17H,1-9H2,(H,18,19). The van der Waals surface area contributed by atoms with Crippen LogP contribution in [0.4, 0.5) is 0 Å². The monoisotopic (exact) mass is 295 g/mol. The van der Waals surface area contributed by atoms with Crippen molar-refractivity contribution in [2.24, 2.45) is 5.92 Å². The van der Waals surface area contributed by atoms with E-state index in [1.807, 2.05) is 5.38 Å². The predicted molar refractivity (Wildman–Crippen MR) is 83.2 cm³/mol. The largest absolute Gasteiger partial charge is 0.315 e. The second-order valence-corrected chi connectivity index (χ2v) is 7.01. The second-order valence-electron chi connectivity index (χ2n) is 6.17. The number of hydrogen-bond donors (Lipinski definition) is 3. The van der Waals surface area contributed by atoms with Crippen molar-refractivity contribution in [1.82, 2.24) is 15.6 Å². The molecule has 0 spiro atoms. The fraction of sp³-hybridized carbons (Fsp3) is 0.800. The van der Waals surface area contributed by atoms with Crippen molar-refractivity contribution in [3.63, 3.8) is 0 Å². The summed E-state index contributed by atoms with van der Waals surface area (Å²) in [5.41, 5.74) is 1.03. The Morgan fingerprint density at radius 1 is 1.20 bits per heavy atom. The molecule has 2 heterocycles. The Morgan fingerprint density at radius 2 is 2.05 bits per heavy atom. The highest BCUT2D eigenvalue weighted by molar-refractivity contribution is 7.07. The zero-order valence-electron chi connectivity index (χ0n) is 12.0. The molecule has 4 nitrogen and oxygen atoms in total. The number of thiazole rings is 1. The van der Waals surface area contributed by atoms with E-state index in [9.17, 15) is 4.79 Å². The molecule has 20 heavy (non-hydrogen) atoms. The average Bonchev–Trinajstić information content (AvgIpc) is 2.92. The number of hydrogen-bond acceptors (Lipinski definition) is 4. The van der Waals surface area contributed by atoms with Crippen molar-refractivity contribution in [3.05, 3.63) is 20.7 Å². The quantitative estimate of drug-likeness (QED) is 0.798. The molecule has 1 saturated carbocycles. The summed E-state index contributed by atoms with van der Waals surface area (Å²) < 4.78 is 0. The summed E-state index contributed by atoms with van der Waals surface area (Å²) >= 11 is 1.26. The fourth-order valence-electron chi connectivity index (χ4n) is 3.78. The lowest BCUT2D eigenvalue weighted by atomic mass is 9.77. The Balaban J connectivity index is 1.58. The lowest BCUT2D eigenvalue weighted by Gasteiger charge is -2.40. The molecule has 1 aliphatic heterocycles. The van der Waals surface area contributed by atoms with Crippen LogP contribution in [0, 0.1) is 5.92 Å². The Bertz CT molecular complexity index is 464. The van der Waals surface area contributed by atoms with Crippen LogP contribution in [0.15, 0.2) is 10.2 Å². The van der Waals surface area contributed by atoms with Gasteiger partial charge in [0.15, 0.2) is 0 Å². The minimum Gasteiger partial charge on any atom is -0.315 e. The van der Waals surface area contributed by atoms with Crippen LogP contribution in [0.2, 0.25) is 0 Å². The average molecular weight is 295 g/mol. The summed E-state index contributed by atoms with van der Waals surface area (Å²) in [4.78, 5) is 14.1. The smallest absolute Gasteiger partial charge is 0.304 e. The molecular formula is C15H25N3OS. The van der Waals surface area contributed by atoms with E-state index in [-0.39, 0.29) is 4.87 Å². The van der Waals surface area contributed by atoms with Gasteiger partial charge in [-0.05, 0) is 38.1 Å². The first kappa shape index (κ1) is 14.3. The van der Waals surface area contributed by atoms with Gasteiger partial charge in [0.05, 0.1) is 0 Å². The molecule has 2 aliphatic rings. The molecule has 1 saturated heterocycles. The van der Waals surface area contributed by atoms with Crippen molar-refractivity contribution in [2.45, 2.75) is 63.6 Å². The summed E-state index contributed by atoms with van der Waals surface area (Å²) in [6.07, 6.45) is 9.36. The second kappa shape index (κ2) is 6.87. The van der Waals surface area contributed by atoms with E-state index in [2.05, 4.69) is 15.6 Å². The van der Waals surface area contributed by atoms with E-state index in [4.69, 9.17) is 0 Å². The molecule has 3 atom stereocenters. The highest BCUT2D eigenvalue weighted by atomic mass is 32.1. The zero-order chi connectivity index (χ0) is 13.8. The minimum absolute atomic E-state index is 0.0518. The van der Waals surface area contributed by atoms with Gasteiger partial charge in [0, 0.05) is 29.7 Å². The van der Waals surface area contributed by atoms with Crippen molar-refractivity contribution in [3.8, 4) is 0 Å². The van der Waals surface area contributed by atoms with Crippen LogP contribution in [0.3, 0.4) is 0 Å². The van der Waals surface area contributed by atoms with Gasteiger partial charge in [-0.25, -0.2) is 0 Å². The summed E-state index contributed by atoms with van der Waals surface area (Å²) in [5, 5.41) is 9.36. The van der Waals surface area contributed by atoms with Crippen LogP contribution in [0.1, 0.15) is 50.6 Å². The number of piperidine rings is 1. The number of nitrogens with one attached hydrogen (secondary N) is 3. The molecule has 3 N–H and O–H groups in total. The van der Waals surface area contributed by atoms with Crippen molar-refractivity contribution in [1.29, 1.82) is 0 Å². The number of aromatic nitrogens is 1. The first-order chi connectivity index (χ1) is 9.83. The van der Waals surface area contributed by atoms with Gasteiger partial charge < -0.3 is 15.6 Å². The fourth-order valence-corrected chi connectivity index (χ4v) is 4.36. The van der Waals surface area contributed by atoms with E-state index in [1.54, 1.807) is 0 Å². The summed E-state index contributed by atoms with van der Waals surface area (Å²) in [7, 11) is 0. The Labute approximate surface area is 124 Å². The third kappa shape index (κ3) is 3.51. The maximum atomic E-state index is 11.2. The molecule has 1 aliphatic carbocycles. The SMILES string of the molecule is O=c1[nH]c(CNC2CCCCC2C2CCCCN2)cs1. The molecule has 3 rings (SSSR count). The van der Waals surface area contributed by atoms with Gasteiger partial charge in [0.1, 0.15) is 0 Å². The third-order valence-electron chi connectivity index (χ3n) is 4.81. The Kier molecular flexibility index (Phi) is 4.91. The van der Waals surface area contributed by atoms with Crippen LogP contribution < -0.4 is 15.5 Å². The van der Waals surface area contributed by atoms with E-state index in [0.29, 0.717) is 12.1 Å². The van der Waals surface area contributed by atoms with Crippen LogP contribution in [0.5, 0.6) is 0 Å². The van der Waals surface area contributed by atoms with Crippen molar-refractivity contribution in [2.75, 3.05) is 6.54 Å². The summed E-state index contributed by atoms with van der Waals surface area (Å²) in [5.74, 6) is 0.759. The van der Waals surface area contributed by atoms with Crippen molar-refractivity contribution < 1.29 is 0 Å². The molecular weight excluding hydrogens is 270 g/mol. The third-order valence-corrected chi connectivity index (χ3v) is 5.53. The Morgan fingerprint density at radius 3 is 2.80 bits per heavy atom. The molecule has 0 aromatic carbocycles. The van der Waals surface area contributed by atoms with Gasteiger partial charge in [0.2, 0.25) is 0 Å². The summed E-state index contributed by atoms with van der Waals surface area (Å²) in [6.45, 7) is 1.98. The van der Waals surface area contributed by atoms with E-state index in [0.717, 1.165) is 18.2 Å². The van der Waals surface area contributed by atoms with Gasteiger partial charge in [-0.2, -0.15) is 0 Å². The molecule has 0 bridgehead atoms. The van der Waals surface area contributed by atoms with Gasteiger partial charge in [-0.15, -0.1) is 0 Å². The van der Waals surface area contributed by atoms with E-state index < -0.39 is 0 Å². The molecule has 1 aromatic heterocycles. The lowest BCUT2D eigenvalue weighted by molar-refractivity contribution is 0.181. The molecule has 1 aromatic rings. The lowest BCUT2D eigenvalue weighted by Crippen LogP contribution is -2.50. The number of aromatic amines is 1. The summed E-state index contributed by atoms with van der Waals surface area (Å²) in [6, 6.07) is 1.30. The topological polar surface area (TPSA) is 56.9 Å². The van der Waals surface area contributed by atoms with Crippen LogP contribution in [-0.2, 0) is 6.54 Å². The molecule has 5 heteroatoms. The van der Waals surface area contributed by atoms with Crippen LogP contribution in [0.25, 0.3) is 0 Å². The van der Waals surface area contributed by atoms with Gasteiger partial charge in [0.25, 0.3) is 0 Å². The number of H-pyrrole nitrogens is 1. The van der Waals surface area contributed by atoms with Gasteiger partial charge >= 0.3 is 4.87 Å². The Hall–Kier alpha value is -0.650.